The van der Waals surface area contributed by atoms with Crippen LogP contribution < -0.4 is 0 Å². The fraction of sp³-hybridized carbons (Fsp3) is 0.167. The molecule has 0 aromatic heterocycles. The van der Waals surface area contributed by atoms with E-state index in [1.807, 2.05) is 24.3 Å². The van der Waals surface area contributed by atoms with Gasteiger partial charge in [-0.25, -0.2) is 0 Å². The molecule has 1 aliphatic rings. The van der Waals surface area contributed by atoms with E-state index in [0.29, 0.717) is 16.1 Å². The molecule has 3 rings (SSSR count). The van der Waals surface area contributed by atoms with E-state index in [1.165, 1.54) is 5.56 Å². The predicted octanol–water partition coefficient (Wildman–Crippen LogP) is 3.94. The summed E-state index contributed by atoms with van der Waals surface area (Å²) in [7, 11) is 0. The smallest absolute Gasteiger partial charge is 0.193 e. The van der Waals surface area contributed by atoms with Gasteiger partial charge in [0.25, 0.3) is 0 Å². The number of hydrogen-bond donors (Lipinski definition) is 0. The molecular formula is C18H16ClNO. The normalized spacial score (nSPS) is 14.5. The SMILES string of the molecule is O=C(c1ccc(CN2CC=CC2)cc1)c1cccc(Cl)c1. The van der Waals surface area contributed by atoms with Gasteiger partial charge in [-0.1, -0.05) is 60.2 Å². The van der Waals surface area contributed by atoms with E-state index in [2.05, 4.69) is 17.1 Å². The van der Waals surface area contributed by atoms with Crippen LogP contribution in [0.4, 0.5) is 0 Å². The molecule has 0 bridgehead atoms. The van der Waals surface area contributed by atoms with Crippen LogP contribution in [0, 0.1) is 0 Å². The molecule has 2 aromatic rings. The van der Waals surface area contributed by atoms with Crippen LogP contribution in [-0.2, 0) is 6.54 Å². The highest BCUT2D eigenvalue weighted by molar-refractivity contribution is 6.31. The first-order valence-corrected chi connectivity index (χ1v) is 7.37. The van der Waals surface area contributed by atoms with E-state index in [-0.39, 0.29) is 5.78 Å². The molecule has 21 heavy (non-hydrogen) atoms. The summed E-state index contributed by atoms with van der Waals surface area (Å²) in [5.74, 6) is 0.00638. The fourth-order valence-electron chi connectivity index (χ4n) is 2.47. The molecule has 0 N–H and O–H groups in total. The second kappa shape index (κ2) is 6.25. The minimum Gasteiger partial charge on any atom is -0.292 e. The van der Waals surface area contributed by atoms with Gasteiger partial charge in [-0.05, 0) is 17.7 Å². The van der Waals surface area contributed by atoms with Gasteiger partial charge >= 0.3 is 0 Å². The highest BCUT2D eigenvalue weighted by Gasteiger charge is 2.11. The Balaban J connectivity index is 1.72. The van der Waals surface area contributed by atoms with Crippen LogP contribution in [0.1, 0.15) is 21.5 Å². The van der Waals surface area contributed by atoms with Crippen LogP contribution in [-0.4, -0.2) is 23.8 Å². The van der Waals surface area contributed by atoms with Gasteiger partial charge in [0.05, 0.1) is 0 Å². The summed E-state index contributed by atoms with van der Waals surface area (Å²) >= 11 is 5.93. The molecule has 0 saturated heterocycles. The summed E-state index contributed by atoms with van der Waals surface area (Å²) in [4.78, 5) is 14.7. The zero-order valence-corrected chi connectivity index (χ0v) is 12.4. The number of ketones is 1. The lowest BCUT2D eigenvalue weighted by molar-refractivity contribution is 0.103. The Morgan fingerprint density at radius 3 is 2.38 bits per heavy atom. The third-order valence-electron chi connectivity index (χ3n) is 3.60. The maximum atomic E-state index is 12.4. The molecule has 3 heteroatoms. The van der Waals surface area contributed by atoms with E-state index in [9.17, 15) is 4.79 Å². The van der Waals surface area contributed by atoms with Crippen LogP contribution >= 0.6 is 11.6 Å². The lowest BCUT2D eigenvalue weighted by Crippen LogP contribution is -2.19. The molecule has 0 radical (unpaired) electrons. The number of halogens is 1. The van der Waals surface area contributed by atoms with Gasteiger partial charge in [-0.2, -0.15) is 0 Å². The standard InChI is InChI=1S/C18H16ClNO/c19-17-5-3-4-16(12-17)18(21)15-8-6-14(7-9-15)13-20-10-1-2-11-20/h1-9,12H,10-11,13H2. The van der Waals surface area contributed by atoms with Gasteiger partial charge < -0.3 is 0 Å². The Morgan fingerprint density at radius 2 is 1.71 bits per heavy atom. The highest BCUT2D eigenvalue weighted by Crippen LogP contribution is 2.16. The van der Waals surface area contributed by atoms with Crippen molar-refractivity contribution in [1.82, 2.24) is 4.90 Å². The minimum absolute atomic E-state index is 0.00638. The Morgan fingerprint density at radius 1 is 1.00 bits per heavy atom. The Hall–Kier alpha value is -1.90. The van der Waals surface area contributed by atoms with Gasteiger partial charge in [-0.3, -0.25) is 9.69 Å². The first-order valence-electron chi connectivity index (χ1n) is 6.99. The number of rotatable bonds is 4. The summed E-state index contributed by atoms with van der Waals surface area (Å²) in [6.07, 6.45) is 4.36. The van der Waals surface area contributed by atoms with Crippen molar-refractivity contribution >= 4 is 17.4 Å². The third kappa shape index (κ3) is 3.41. The monoisotopic (exact) mass is 297 g/mol. The summed E-state index contributed by atoms with van der Waals surface area (Å²) in [6, 6.07) is 14.9. The molecule has 106 valence electrons. The maximum absolute atomic E-state index is 12.4. The van der Waals surface area contributed by atoms with Crippen LogP contribution in [0.5, 0.6) is 0 Å². The molecule has 0 saturated carbocycles. The van der Waals surface area contributed by atoms with Crippen molar-refractivity contribution in [2.24, 2.45) is 0 Å². The van der Waals surface area contributed by atoms with Crippen molar-refractivity contribution < 1.29 is 4.79 Å². The van der Waals surface area contributed by atoms with Gasteiger partial charge in [0.15, 0.2) is 5.78 Å². The number of nitrogens with zero attached hydrogens (tertiary/aromatic N) is 1. The topological polar surface area (TPSA) is 20.3 Å². The predicted molar refractivity (Wildman–Crippen MR) is 85.7 cm³/mol. The van der Waals surface area contributed by atoms with Gasteiger partial charge in [0.2, 0.25) is 0 Å². The second-order valence-electron chi connectivity index (χ2n) is 5.20. The van der Waals surface area contributed by atoms with E-state index >= 15 is 0 Å². The Labute approximate surface area is 129 Å². The second-order valence-corrected chi connectivity index (χ2v) is 5.64. The summed E-state index contributed by atoms with van der Waals surface area (Å²) in [5, 5.41) is 0.582. The third-order valence-corrected chi connectivity index (χ3v) is 3.84. The summed E-state index contributed by atoms with van der Waals surface area (Å²) in [5.41, 5.74) is 2.54. The molecule has 1 heterocycles. The minimum atomic E-state index is 0.00638. The molecule has 0 amide bonds. The van der Waals surface area contributed by atoms with Crippen LogP contribution in [0.2, 0.25) is 5.02 Å². The molecule has 0 atom stereocenters. The Bertz CT molecular complexity index is 668. The summed E-state index contributed by atoms with van der Waals surface area (Å²) < 4.78 is 0. The molecular weight excluding hydrogens is 282 g/mol. The highest BCUT2D eigenvalue weighted by atomic mass is 35.5. The van der Waals surface area contributed by atoms with Gasteiger partial charge in [0, 0.05) is 35.8 Å². The molecule has 1 aliphatic heterocycles. The number of carbonyl (C=O) groups is 1. The van der Waals surface area contributed by atoms with Crippen molar-refractivity contribution in [3.8, 4) is 0 Å². The van der Waals surface area contributed by atoms with Crippen LogP contribution in [0.3, 0.4) is 0 Å². The zero-order valence-electron chi connectivity index (χ0n) is 11.6. The van der Waals surface area contributed by atoms with Crippen molar-refractivity contribution in [3.63, 3.8) is 0 Å². The lowest BCUT2D eigenvalue weighted by atomic mass is 10.0. The van der Waals surface area contributed by atoms with Crippen molar-refractivity contribution in [3.05, 3.63) is 82.4 Å². The number of benzene rings is 2. The van der Waals surface area contributed by atoms with Crippen molar-refractivity contribution in [1.29, 1.82) is 0 Å². The lowest BCUT2D eigenvalue weighted by Gasteiger charge is -2.14. The molecule has 0 fully saturated rings. The van der Waals surface area contributed by atoms with Gasteiger partial charge in [0.1, 0.15) is 0 Å². The van der Waals surface area contributed by atoms with Crippen molar-refractivity contribution in [2.75, 3.05) is 13.1 Å². The average Bonchev–Trinajstić information content (AvgIpc) is 3.00. The van der Waals surface area contributed by atoms with Gasteiger partial charge in [-0.15, -0.1) is 0 Å². The molecule has 0 spiro atoms. The molecule has 0 unspecified atom stereocenters. The Kier molecular flexibility index (Phi) is 4.18. The van der Waals surface area contributed by atoms with E-state index in [4.69, 9.17) is 11.6 Å². The van der Waals surface area contributed by atoms with E-state index < -0.39 is 0 Å². The van der Waals surface area contributed by atoms with E-state index in [1.54, 1.807) is 24.3 Å². The van der Waals surface area contributed by atoms with Crippen molar-refractivity contribution in [2.45, 2.75) is 6.54 Å². The summed E-state index contributed by atoms with van der Waals surface area (Å²) in [6.45, 7) is 2.92. The largest absolute Gasteiger partial charge is 0.292 e. The number of carbonyl (C=O) groups excluding carboxylic acids is 1. The van der Waals surface area contributed by atoms with E-state index in [0.717, 1.165) is 19.6 Å². The van der Waals surface area contributed by atoms with Crippen LogP contribution in [0.15, 0.2) is 60.7 Å². The first kappa shape index (κ1) is 14.1. The number of hydrogen-bond acceptors (Lipinski definition) is 2. The quantitative estimate of drug-likeness (QED) is 0.629. The molecule has 2 aromatic carbocycles. The maximum Gasteiger partial charge on any atom is 0.193 e. The average molecular weight is 298 g/mol. The van der Waals surface area contributed by atoms with Crippen LogP contribution in [0.25, 0.3) is 0 Å². The first-order chi connectivity index (χ1) is 10.2. The fourth-order valence-corrected chi connectivity index (χ4v) is 2.66. The zero-order chi connectivity index (χ0) is 14.7. The molecule has 0 aliphatic carbocycles. The molecule has 2 nitrogen and oxygen atoms in total.